The molecule has 0 radical (unpaired) electrons. The Morgan fingerprint density at radius 1 is 0.690 bits per heavy atom. The summed E-state index contributed by atoms with van der Waals surface area (Å²) in [4.78, 5) is 2.89. The summed E-state index contributed by atoms with van der Waals surface area (Å²) < 4.78 is 13.0. The molecule has 166 valence electrons. The molecule has 6 heteroatoms. The van der Waals surface area contributed by atoms with Crippen LogP contribution in [-0.2, 0) is 8.85 Å². The van der Waals surface area contributed by atoms with Crippen molar-refractivity contribution in [3.05, 3.63) is 11.1 Å². The average Bonchev–Trinajstić information content (AvgIpc) is 2.48. The molecule has 0 amide bonds. The van der Waals surface area contributed by atoms with Crippen LogP contribution in [0.3, 0.4) is 0 Å². The van der Waals surface area contributed by atoms with Crippen LogP contribution in [0.2, 0.25) is 55.9 Å². The number of rotatable bonds is 6. The Morgan fingerprint density at radius 2 is 1.03 bits per heavy atom. The molecule has 0 aromatic carbocycles. The lowest BCUT2D eigenvalue weighted by Gasteiger charge is -2.37. The molecule has 0 heterocycles. The highest BCUT2D eigenvalue weighted by molar-refractivity contribution is 9.12. The van der Waals surface area contributed by atoms with Gasteiger partial charge in [0, 0.05) is 27.1 Å². The quantitative estimate of drug-likeness (QED) is 0.268. The molecular weight excluding hydrogens is 472 g/mol. The lowest BCUT2D eigenvalue weighted by Crippen LogP contribution is -2.42. The summed E-state index contributed by atoms with van der Waals surface area (Å²) in [5.74, 6) is 6.65. The van der Waals surface area contributed by atoms with E-state index < -0.39 is 24.7 Å². The second kappa shape index (κ2) is 10.5. The summed E-state index contributed by atoms with van der Waals surface area (Å²) in [6.45, 7) is 30.4. The first-order chi connectivity index (χ1) is 12.7. The van der Waals surface area contributed by atoms with Crippen LogP contribution >= 0.6 is 15.9 Å². The van der Waals surface area contributed by atoms with Gasteiger partial charge in [-0.2, -0.15) is 0 Å². The molecule has 0 fully saturated rings. The molecule has 0 aromatic rings. The molecule has 0 spiro atoms. The molecule has 0 unspecified atom stereocenters. The molecule has 29 heavy (non-hydrogen) atoms. The summed E-state index contributed by atoms with van der Waals surface area (Å²) in [6.07, 6.45) is 0. The third-order valence-corrected chi connectivity index (χ3v) is 15.9. The minimum absolute atomic E-state index is 0.155. The molecule has 0 N–H and O–H groups in total. The van der Waals surface area contributed by atoms with Crippen molar-refractivity contribution < 1.29 is 8.85 Å². The van der Waals surface area contributed by atoms with Gasteiger partial charge in [0.1, 0.15) is 8.07 Å². The van der Waals surface area contributed by atoms with E-state index in [4.69, 9.17) is 8.85 Å². The Morgan fingerprint density at radius 3 is 1.31 bits per heavy atom. The van der Waals surface area contributed by atoms with Gasteiger partial charge in [-0.3, -0.25) is 0 Å². The Bertz CT molecular complexity index is 710. The molecule has 0 bridgehead atoms. The van der Waals surface area contributed by atoms with Crippen LogP contribution in [0.5, 0.6) is 0 Å². The van der Waals surface area contributed by atoms with Gasteiger partial charge in [0.2, 0.25) is 0 Å². The van der Waals surface area contributed by atoms with Gasteiger partial charge in [0.15, 0.2) is 16.6 Å². The third-order valence-electron chi connectivity index (χ3n) is 5.92. The Balaban J connectivity index is 6.04. The van der Waals surface area contributed by atoms with Gasteiger partial charge in [0.25, 0.3) is 0 Å². The van der Waals surface area contributed by atoms with E-state index in [1.807, 2.05) is 0 Å². The first-order valence-corrected chi connectivity index (χ1v) is 20.5. The summed E-state index contributed by atoms with van der Waals surface area (Å²) in [7, 11) is -5.29. The number of hydrogen-bond donors (Lipinski definition) is 0. The summed E-state index contributed by atoms with van der Waals surface area (Å²) in [6, 6.07) is 0. The van der Waals surface area contributed by atoms with Crippen LogP contribution in [0, 0.1) is 22.2 Å². The van der Waals surface area contributed by atoms with Gasteiger partial charge < -0.3 is 8.85 Å². The highest BCUT2D eigenvalue weighted by Crippen LogP contribution is 2.38. The maximum absolute atomic E-state index is 6.51. The predicted octanol–water partition coefficient (Wildman–Crippen LogP) is 7.56. The Hall–Kier alpha value is -0.0894. The highest BCUT2D eigenvalue weighted by Gasteiger charge is 2.38. The first-order valence-electron chi connectivity index (χ1n) is 10.4. The lowest BCUT2D eigenvalue weighted by molar-refractivity contribution is 0.308. The van der Waals surface area contributed by atoms with Crippen molar-refractivity contribution in [3.8, 4) is 22.2 Å². The van der Waals surface area contributed by atoms with Crippen molar-refractivity contribution in [2.24, 2.45) is 0 Å². The average molecular weight is 516 g/mol. The molecule has 0 aliphatic rings. The predicted molar refractivity (Wildman–Crippen MR) is 141 cm³/mol. The van der Waals surface area contributed by atoms with Crippen LogP contribution in [0.4, 0.5) is 0 Å². The maximum Gasteiger partial charge on any atom is 0.192 e. The monoisotopic (exact) mass is 514 g/mol. The van der Waals surface area contributed by atoms with Gasteiger partial charge in [-0.15, -0.1) is 5.54 Å². The van der Waals surface area contributed by atoms with Gasteiger partial charge in [-0.25, -0.2) is 0 Å². The van der Waals surface area contributed by atoms with E-state index in [1.54, 1.807) is 0 Å². The molecule has 0 aromatic heterocycles. The van der Waals surface area contributed by atoms with E-state index in [0.29, 0.717) is 13.2 Å². The second-order valence-corrected chi connectivity index (χ2v) is 26.5. The van der Waals surface area contributed by atoms with Gasteiger partial charge >= 0.3 is 0 Å². The van der Waals surface area contributed by atoms with Crippen molar-refractivity contribution in [3.63, 3.8) is 0 Å². The van der Waals surface area contributed by atoms with E-state index in [1.165, 1.54) is 0 Å². The molecule has 0 aliphatic heterocycles. The minimum atomic E-state index is -1.88. The van der Waals surface area contributed by atoms with Crippen molar-refractivity contribution in [2.45, 2.75) is 97.4 Å². The van der Waals surface area contributed by atoms with Crippen molar-refractivity contribution in [1.29, 1.82) is 0 Å². The van der Waals surface area contributed by atoms with E-state index in [-0.39, 0.29) is 10.1 Å². The highest BCUT2D eigenvalue weighted by atomic mass is 79.9. The first kappa shape index (κ1) is 28.9. The minimum Gasteiger partial charge on any atom is -0.412 e. The Kier molecular flexibility index (Phi) is 10.5. The van der Waals surface area contributed by atoms with Crippen LogP contribution in [0.1, 0.15) is 41.5 Å². The summed E-state index contributed by atoms with van der Waals surface area (Å²) >= 11 is 3.28. The third kappa shape index (κ3) is 10.2. The number of halogens is 1. The zero-order valence-corrected chi connectivity index (χ0v) is 25.7. The van der Waals surface area contributed by atoms with Crippen molar-refractivity contribution in [1.82, 2.24) is 0 Å². The topological polar surface area (TPSA) is 18.5 Å². The second-order valence-electron chi connectivity index (χ2n) is 11.8. The van der Waals surface area contributed by atoms with E-state index in [9.17, 15) is 0 Å². The van der Waals surface area contributed by atoms with Crippen molar-refractivity contribution >= 4 is 40.6 Å². The fourth-order valence-corrected chi connectivity index (χ4v) is 4.30. The normalized spacial score (nSPS) is 14.4. The summed E-state index contributed by atoms with van der Waals surface area (Å²) in [5.41, 5.74) is 5.42. The lowest BCUT2D eigenvalue weighted by atomic mass is 10.1. The zero-order valence-electron chi connectivity index (χ0n) is 21.1. The largest absolute Gasteiger partial charge is 0.412 e. The smallest absolute Gasteiger partial charge is 0.192 e. The van der Waals surface area contributed by atoms with E-state index in [0.717, 1.165) is 11.1 Å². The SMILES string of the molecule is CC(C)(C)[Si](C)(C)OC/C(C#CBr)=C(\C#C[Si](C)(C)C)CO[Si](C)(C)C(C)(C)C. The molecule has 0 atom stereocenters. The fraction of sp³-hybridized carbons (Fsp3) is 0.739. The molecule has 0 aliphatic carbocycles. The standard InChI is InChI=1S/C23H43BrO2Si3/c1-22(2,3)28(10,11)25-18-20(14-16-24)21(15-17-27(7,8)9)19-26-29(12,13)23(4,5)6/h18-19H2,1-13H3/b21-20+. The van der Waals surface area contributed by atoms with Crippen molar-refractivity contribution in [2.75, 3.05) is 13.2 Å². The molecule has 0 rings (SSSR count). The fourth-order valence-electron chi connectivity index (χ4n) is 1.66. The van der Waals surface area contributed by atoms with Crippen LogP contribution in [0.25, 0.3) is 0 Å². The van der Waals surface area contributed by atoms with Crippen LogP contribution in [-0.4, -0.2) is 37.9 Å². The van der Waals surface area contributed by atoms with Crippen LogP contribution in [0.15, 0.2) is 11.1 Å². The van der Waals surface area contributed by atoms with Gasteiger partial charge in [-0.05, 0) is 41.1 Å². The van der Waals surface area contributed by atoms with E-state index in [2.05, 4.69) is 126 Å². The summed E-state index contributed by atoms with van der Waals surface area (Å²) in [5, 5.41) is 0.310. The molecule has 0 saturated heterocycles. The maximum atomic E-state index is 6.51. The Labute approximate surface area is 193 Å². The molecular formula is C23H43BrO2Si3. The molecule has 2 nitrogen and oxygen atoms in total. The van der Waals surface area contributed by atoms with Gasteiger partial charge in [-0.1, -0.05) is 73.0 Å². The zero-order chi connectivity index (χ0) is 23.3. The van der Waals surface area contributed by atoms with E-state index >= 15 is 0 Å². The van der Waals surface area contributed by atoms with Crippen LogP contribution < -0.4 is 0 Å². The van der Waals surface area contributed by atoms with Gasteiger partial charge in [0.05, 0.1) is 13.2 Å². The number of hydrogen-bond acceptors (Lipinski definition) is 2. The molecule has 0 saturated carbocycles.